The second-order valence-corrected chi connectivity index (χ2v) is 3.10. The first-order valence-corrected chi connectivity index (χ1v) is 4.50. The van der Waals surface area contributed by atoms with Gasteiger partial charge < -0.3 is 10.5 Å². The predicted molar refractivity (Wildman–Crippen MR) is 50.9 cm³/mol. The summed E-state index contributed by atoms with van der Waals surface area (Å²) in [6.45, 7) is 3.09. The molecule has 0 aliphatic carbocycles. The zero-order valence-electron chi connectivity index (χ0n) is 8.63. The van der Waals surface area contributed by atoms with E-state index in [1.54, 1.807) is 13.8 Å². The summed E-state index contributed by atoms with van der Waals surface area (Å²) in [5.74, 6) is 0.0981. The Morgan fingerprint density at radius 1 is 1.33 bits per heavy atom. The smallest absolute Gasteiger partial charge is 0.272 e. The van der Waals surface area contributed by atoms with E-state index in [1.807, 2.05) is 0 Å². The number of nitrogens with two attached hydrogens (primary N) is 1. The van der Waals surface area contributed by atoms with Crippen LogP contribution in [0.15, 0.2) is 0 Å². The van der Waals surface area contributed by atoms with Crippen LogP contribution in [0.2, 0.25) is 0 Å². The molecule has 0 spiro atoms. The molecule has 0 bridgehead atoms. The highest BCUT2D eigenvalue weighted by molar-refractivity contribution is 5.34. The lowest BCUT2D eigenvalue weighted by Crippen LogP contribution is -2.13. The Hall–Kier alpha value is -1.30. The predicted octanol–water partition coefficient (Wildman–Crippen LogP) is 1.20. The normalized spacial score (nSPS) is 10.8. The molecule has 1 heterocycles. The zero-order chi connectivity index (χ0) is 11.4. The number of alkyl halides is 2. The van der Waals surface area contributed by atoms with E-state index in [2.05, 4.69) is 10.2 Å². The fourth-order valence-electron chi connectivity index (χ4n) is 1.13. The van der Waals surface area contributed by atoms with Crippen molar-refractivity contribution in [1.29, 1.82) is 0 Å². The molecule has 0 saturated carbocycles. The first-order chi connectivity index (χ1) is 7.06. The van der Waals surface area contributed by atoms with Crippen LogP contribution >= 0.6 is 0 Å². The first kappa shape index (κ1) is 11.8. The Bertz CT molecular complexity index is 344. The number of hydrogen-bond acceptors (Lipinski definition) is 4. The molecule has 0 aliphatic rings. The molecule has 0 aliphatic heterocycles. The SMILES string of the molecule is Cc1nnc(OCC(F)F)c(CN)c1C. The molecule has 1 rings (SSSR count). The molecule has 4 nitrogen and oxygen atoms in total. The number of hydrogen-bond donors (Lipinski definition) is 1. The molecule has 1 aromatic rings. The van der Waals surface area contributed by atoms with Crippen LogP contribution in [0.25, 0.3) is 0 Å². The molecule has 2 N–H and O–H groups in total. The van der Waals surface area contributed by atoms with E-state index in [0.717, 1.165) is 11.3 Å². The molecule has 0 amide bonds. The third kappa shape index (κ3) is 2.82. The second-order valence-electron chi connectivity index (χ2n) is 3.10. The van der Waals surface area contributed by atoms with Crippen molar-refractivity contribution in [3.63, 3.8) is 0 Å². The summed E-state index contributed by atoms with van der Waals surface area (Å²) in [4.78, 5) is 0. The standard InChI is InChI=1S/C9H13F2N3O/c1-5-6(2)13-14-9(7(5)3-12)15-4-8(10)11/h8H,3-4,12H2,1-2H3. The molecule has 0 aromatic carbocycles. The van der Waals surface area contributed by atoms with Crippen molar-refractivity contribution in [1.82, 2.24) is 10.2 Å². The average molecular weight is 217 g/mol. The van der Waals surface area contributed by atoms with Crippen LogP contribution in [-0.2, 0) is 6.54 Å². The molecule has 1 aromatic heterocycles. The number of nitrogens with zero attached hydrogens (tertiary/aromatic N) is 2. The lowest BCUT2D eigenvalue weighted by Gasteiger charge is -2.11. The van der Waals surface area contributed by atoms with Crippen molar-refractivity contribution in [3.8, 4) is 5.88 Å². The van der Waals surface area contributed by atoms with Gasteiger partial charge in [0.15, 0.2) is 6.61 Å². The molecular weight excluding hydrogens is 204 g/mol. The van der Waals surface area contributed by atoms with Gasteiger partial charge in [-0.3, -0.25) is 0 Å². The Labute approximate surface area is 86.4 Å². The minimum Gasteiger partial charge on any atom is -0.470 e. The van der Waals surface area contributed by atoms with Gasteiger partial charge in [0.1, 0.15) is 0 Å². The van der Waals surface area contributed by atoms with Crippen LogP contribution in [0.1, 0.15) is 16.8 Å². The Morgan fingerprint density at radius 3 is 2.53 bits per heavy atom. The molecule has 6 heteroatoms. The van der Waals surface area contributed by atoms with Crippen LogP contribution in [0, 0.1) is 13.8 Å². The van der Waals surface area contributed by atoms with Gasteiger partial charge in [-0.25, -0.2) is 8.78 Å². The summed E-state index contributed by atoms with van der Waals surface area (Å²) in [6, 6.07) is 0. The van der Waals surface area contributed by atoms with Gasteiger partial charge in [-0.1, -0.05) is 0 Å². The quantitative estimate of drug-likeness (QED) is 0.823. The third-order valence-electron chi connectivity index (χ3n) is 2.09. The summed E-state index contributed by atoms with van der Waals surface area (Å²) in [7, 11) is 0. The molecule has 0 atom stereocenters. The fraction of sp³-hybridized carbons (Fsp3) is 0.556. The number of rotatable bonds is 4. The lowest BCUT2D eigenvalue weighted by atomic mass is 10.1. The van der Waals surface area contributed by atoms with Gasteiger partial charge in [0, 0.05) is 12.1 Å². The zero-order valence-corrected chi connectivity index (χ0v) is 8.63. The maximum absolute atomic E-state index is 11.9. The van der Waals surface area contributed by atoms with Gasteiger partial charge in [-0.05, 0) is 19.4 Å². The Kier molecular flexibility index (Phi) is 3.90. The number of ether oxygens (including phenoxy) is 1. The van der Waals surface area contributed by atoms with Gasteiger partial charge in [-0.15, -0.1) is 5.10 Å². The van der Waals surface area contributed by atoms with Crippen molar-refractivity contribution >= 4 is 0 Å². The second kappa shape index (κ2) is 4.97. The van der Waals surface area contributed by atoms with E-state index in [-0.39, 0.29) is 12.4 Å². The molecule has 0 unspecified atom stereocenters. The van der Waals surface area contributed by atoms with Crippen LogP contribution in [0.4, 0.5) is 8.78 Å². The van der Waals surface area contributed by atoms with Gasteiger partial charge in [-0.2, -0.15) is 5.10 Å². The number of halogens is 2. The number of aromatic nitrogens is 2. The van der Waals surface area contributed by atoms with Crippen molar-refractivity contribution in [2.75, 3.05) is 6.61 Å². The molecule has 0 saturated heterocycles. The van der Waals surface area contributed by atoms with Crippen LogP contribution < -0.4 is 10.5 Å². The van der Waals surface area contributed by atoms with Gasteiger partial charge in [0.2, 0.25) is 5.88 Å². The largest absolute Gasteiger partial charge is 0.470 e. The summed E-state index contributed by atoms with van der Waals surface area (Å²) in [5.41, 5.74) is 7.67. The molecular formula is C9H13F2N3O. The highest BCUT2D eigenvalue weighted by Crippen LogP contribution is 2.19. The maximum atomic E-state index is 11.9. The van der Waals surface area contributed by atoms with E-state index >= 15 is 0 Å². The highest BCUT2D eigenvalue weighted by Gasteiger charge is 2.12. The van der Waals surface area contributed by atoms with Crippen LogP contribution in [-0.4, -0.2) is 23.2 Å². The summed E-state index contributed by atoms with van der Waals surface area (Å²) in [6.07, 6.45) is -2.53. The summed E-state index contributed by atoms with van der Waals surface area (Å²) >= 11 is 0. The van der Waals surface area contributed by atoms with Crippen molar-refractivity contribution in [2.45, 2.75) is 26.8 Å². The minimum absolute atomic E-state index is 0.0981. The Balaban J connectivity index is 2.92. The van der Waals surface area contributed by atoms with Crippen molar-refractivity contribution in [3.05, 3.63) is 16.8 Å². The number of aryl methyl sites for hydroxylation is 1. The van der Waals surface area contributed by atoms with E-state index in [4.69, 9.17) is 10.5 Å². The summed E-state index contributed by atoms with van der Waals surface area (Å²) in [5, 5.41) is 7.49. The van der Waals surface area contributed by atoms with Gasteiger partial charge in [0.05, 0.1) is 5.69 Å². The van der Waals surface area contributed by atoms with Gasteiger partial charge in [0.25, 0.3) is 6.43 Å². The molecule has 15 heavy (non-hydrogen) atoms. The topological polar surface area (TPSA) is 61.0 Å². The van der Waals surface area contributed by atoms with Crippen LogP contribution in [0.3, 0.4) is 0 Å². The van der Waals surface area contributed by atoms with E-state index in [9.17, 15) is 8.78 Å². The van der Waals surface area contributed by atoms with E-state index in [1.165, 1.54) is 0 Å². The molecule has 0 fully saturated rings. The first-order valence-electron chi connectivity index (χ1n) is 4.50. The Morgan fingerprint density at radius 2 is 2.00 bits per heavy atom. The van der Waals surface area contributed by atoms with Crippen LogP contribution in [0.5, 0.6) is 5.88 Å². The summed E-state index contributed by atoms with van der Waals surface area (Å²) < 4.78 is 28.7. The minimum atomic E-state index is -2.53. The monoisotopic (exact) mass is 217 g/mol. The third-order valence-corrected chi connectivity index (χ3v) is 2.09. The lowest BCUT2D eigenvalue weighted by molar-refractivity contribution is 0.0784. The fourth-order valence-corrected chi connectivity index (χ4v) is 1.13. The average Bonchev–Trinajstić information content (AvgIpc) is 2.19. The van der Waals surface area contributed by atoms with E-state index in [0.29, 0.717) is 5.56 Å². The highest BCUT2D eigenvalue weighted by atomic mass is 19.3. The van der Waals surface area contributed by atoms with E-state index < -0.39 is 13.0 Å². The van der Waals surface area contributed by atoms with Gasteiger partial charge >= 0.3 is 0 Å². The molecule has 0 radical (unpaired) electrons. The maximum Gasteiger partial charge on any atom is 0.272 e. The van der Waals surface area contributed by atoms with Crippen molar-refractivity contribution < 1.29 is 13.5 Å². The van der Waals surface area contributed by atoms with Crippen molar-refractivity contribution in [2.24, 2.45) is 5.73 Å². The molecule has 84 valence electrons.